The van der Waals surface area contributed by atoms with Crippen molar-refractivity contribution >= 4 is 11.6 Å². The summed E-state index contributed by atoms with van der Waals surface area (Å²) >= 11 is 6.62. The summed E-state index contributed by atoms with van der Waals surface area (Å²) in [5.74, 6) is 0. The van der Waals surface area contributed by atoms with E-state index in [2.05, 4.69) is 70.7 Å². The molecule has 0 atom stereocenters. The fraction of sp³-hybridized carbons (Fsp3) is 0.684. The molecule has 0 radical (unpaired) electrons. The van der Waals surface area contributed by atoms with Gasteiger partial charge >= 0.3 is 0 Å². The molecule has 0 saturated carbocycles. The second kappa shape index (κ2) is 11.1. The van der Waals surface area contributed by atoms with E-state index in [-0.39, 0.29) is 4.87 Å². The van der Waals surface area contributed by atoms with Crippen LogP contribution in [0.2, 0.25) is 0 Å². The van der Waals surface area contributed by atoms with Gasteiger partial charge in [-0.1, -0.05) is 65.8 Å². The average Bonchev–Trinajstić information content (AvgIpc) is 2.56. The van der Waals surface area contributed by atoms with Gasteiger partial charge < -0.3 is 4.90 Å². The monoisotopic (exact) mass is 311 g/mol. The Morgan fingerprint density at radius 1 is 0.857 bits per heavy atom. The maximum absolute atomic E-state index is 6.62. The van der Waals surface area contributed by atoms with E-state index in [1.54, 1.807) is 0 Å². The van der Waals surface area contributed by atoms with Crippen LogP contribution in [0.25, 0.3) is 0 Å². The smallest absolute Gasteiger partial charge is 0.0692 e. The van der Waals surface area contributed by atoms with Crippen molar-refractivity contribution in [2.24, 2.45) is 0 Å². The van der Waals surface area contributed by atoms with Crippen LogP contribution in [0.3, 0.4) is 0 Å². The minimum absolute atomic E-state index is 0.160. The molecule has 0 saturated heterocycles. The van der Waals surface area contributed by atoms with E-state index >= 15 is 0 Å². The number of hydrogen-bond donors (Lipinski definition) is 0. The van der Waals surface area contributed by atoms with Crippen molar-refractivity contribution in [1.82, 2.24) is 4.90 Å². The molecule has 1 aromatic rings. The summed E-state index contributed by atoms with van der Waals surface area (Å²) in [4.78, 5) is 2.21. The molecular formula is C19H34ClN. The van der Waals surface area contributed by atoms with Crippen molar-refractivity contribution in [2.45, 2.75) is 65.7 Å². The highest BCUT2D eigenvalue weighted by Crippen LogP contribution is 2.37. The number of rotatable bonds is 7. The normalized spacial score (nSPS) is 11.2. The predicted molar refractivity (Wildman–Crippen MR) is 97.4 cm³/mol. The number of alkyl halides is 1. The molecule has 0 aliphatic rings. The summed E-state index contributed by atoms with van der Waals surface area (Å²) in [6.45, 7) is 16.6. The van der Waals surface area contributed by atoms with E-state index in [4.69, 9.17) is 11.6 Å². The maximum Gasteiger partial charge on any atom is 0.0692 e. The molecule has 0 bridgehead atoms. The average molecular weight is 312 g/mol. The Kier molecular flexibility index (Phi) is 10.8. The molecule has 0 unspecified atom stereocenters. The van der Waals surface area contributed by atoms with Crippen LogP contribution in [-0.2, 0) is 11.3 Å². The molecule has 21 heavy (non-hydrogen) atoms. The molecule has 0 amide bonds. The molecule has 2 heteroatoms. The Balaban J connectivity index is 0.000000486. The lowest BCUT2D eigenvalue weighted by atomic mass is 9.88. The van der Waals surface area contributed by atoms with E-state index in [0.29, 0.717) is 0 Å². The van der Waals surface area contributed by atoms with Gasteiger partial charge in [0.05, 0.1) is 4.87 Å². The standard InChI is InChI=1S/C13H19Cl.C6H15N/c1-4-11-9-7-8-10-12(11)13(14,5-2)6-3;1-4-7(5-2)6-3/h7-10H,4-6H2,1-3H3;4-6H2,1-3H3. The van der Waals surface area contributed by atoms with E-state index in [9.17, 15) is 0 Å². The Bertz CT molecular complexity index is 362. The molecule has 122 valence electrons. The van der Waals surface area contributed by atoms with Gasteiger partial charge in [-0.25, -0.2) is 0 Å². The van der Waals surface area contributed by atoms with Crippen molar-refractivity contribution in [3.05, 3.63) is 35.4 Å². The Morgan fingerprint density at radius 2 is 1.33 bits per heavy atom. The second-order valence-corrected chi connectivity index (χ2v) is 6.03. The van der Waals surface area contributed by atoms with E-state index in [0.717, 1.165) is 19.3 Å². The fourth-order valence-electron chi connectivity index (χ4n) is 2.57. The Hall–Kier alpha value is -0.530. The quantitative estimate of drug-likeness (QED) is 0.571. The summed E-state index contributed by atoms with van der Waals surface area (Å²) in [5, 5.41) is 0. The molecule has 0 N–H and O–H groups in total. The Morgan fingerprint density at radius 3 is 1.67 bits per heavy atom. The van der Waals surface area contributed by atoms with Crippen LogP contribution in [0.5, 0.6) is 0 Å². The fourth-order valence-corrected chi connectivity index (χ4v) is 2.75. The first kappa shape index (κ1) is 20.5. The molecule has 0 aliphatic carbocycles. The highest BCUT2D eigenvalue weighted by molar-refractivity contribution is 6.24. The SMILES string of the molecule is CCN(CC)CC.CCc1ccccc1C(Cl)(CC)CC. The largest absolute Gasteiger partial charge is 0.304 e. The van der Waals surface area contributed by atoms with Crippen LogP contribution in [0.1, 0.15) is 65.5 Å². The van der Waals surface area contributed by atoms with Crippen LogP contribution in [0.15, 0.2) is 24.3 Å². The van der Waals surface area contributed by atoms with Gasteiger partial charge in [-0.15, -0.1) is 11.6 Å². The minimum Gasteiger partial charge on any atom is -0.304 e. The van der Waals surface area contributed by atoms with Crippen molar-refractivity contribution in [1.29, 1.82) is 0 Å². The van der Waals surface area contributed by atoms with Gasteiger partial charge in [0.1, 0.15) is 0 Å². The predicted octanol–water partition coefficient (Wildman–Crippen LogP) is 5.85. The van der Waals surface area contributed by atoms with Crippen LogP contribution in [-0.4, -0.2) is 24.5 Å². The van der Waals surface area contributed by atoms with Crippen molar-refractivity contribution in [2.75, 3.05) is 19.6 Å². The zero-order valence-electron chi connectivity index (χ0n) is 14.9. The lowest BCUT2D eigenvalue weighted by molar-refractivity contribution is 0.321. The number of aryl methyl sites for hydroxylation is 1. The van der Waals surface area contributed by atoms with Crippen LogP contribution < -0.4 is 0 Å². The third kappa shape index (κ3) is 6.40. The summed E-state index contributed by atoms with van der Waals surface area (Å²) in [6, 6.07) is 8.51. The summed E-state index contributed by atoms with van der Waals surface area (Å²) < 4.78 is 0. The maximum atomic E-state index is 6.62. The second-order valence-electron chi connectivity index (χ2n) is 5.30. The molecule has 0 heterocycles. The van der Waals surface area contributed by atoms with Crippen molar-refractivity contribution < 1.29 is 0 Å². The van der Waals surface area contributed by atoms with E-state index in [1.807, 2.05) is 0 Å². The lowest BCUT2D eigenvalue weighted by Gasteiger charge is -2.27. The zero-order valence-corrected chi connectivity index (χ0v) is 15.6. The summed E-state index contributed by atoms with van der Waals surface area (Å²) in [7, 11) is 0. The van der Waals surface area contributed by atoms with E-state index < -0.39 is 0 Å². The molecule has 0 fully saturated rings. The highest BCUT2D eigenvalue weighted by Gasteiger charge is 2.26. The van der Waals surface area contributed by atoms with Crippen molar-refractivity contribution in [3.63, 3.8) is 0 Å². The molecule has 1 aromatic carbocycles. The van der Waals surface area contributed by atoms with Gasteiger partial charge in [-0.05, 0) is 50.0 Å². The molecule has 0 aromatic heterocycles. The summed E-state index contributed by atoms with van der Waals surface area (Å²) in [5.41, 5.74) is 2.69. The lowest BCUT2D eigenvalue weighted by Crippen LogP contribution is -2.21. The molecular weight excluding hydrogens is 278 g/mol. The van der Waals surface area contributed by atoms with Crippen LogP contribution >= 0.6 is 11.6 Å². The third-order valence-corrected chi connectivity index (χ3v) is 5.08. The Labute approximate surface area is 137 Å². The van der Waals surface area contributed by atoms with Gasteiger partial charge in [0.2, 0.25) is 0 Å². The first-order valence-electron chi connectivity index (χ1n) is 8.52. The van der Waals surface area contributed by atoms with Gasteiger partial charge in [-0.3, -0.25) is 0 Å². The topological polar surface area (TPSA) is 3.24 Å². The third-order valence-electron chi connectivity index (χ3n) is 4.34. The number of nitrogens with zero attached hydrogens (tertiary/aromatic N) is 1. The molecule has 1 rings (SSSR count). The minimum atomic E-state index is -0.160. The van der Waals surface area contributed by atoms with E-state index in [1.165, 1.54) is 30.8 Å². The van der Waals surface area contributed by atoms with Crippen molar-refractivity contribution in [3.8, 4) is 0 Å². The van der Waals surface area contributed by atoms with Gasteiger partial charge in [0.25, 0.3) is 0 Å². The van der Waals surface area contributed by atoms with Gasteiger partial charge in [0.15, 0.2) is 0 Å². The first-order valence-corrected chi connectivity index (χ1v) is 8.90. The number of benzene rings is 1. The van der Waals surface area contributed by atoms with Crippen LogP contribution in [0, 0.1) is 0 Å². The van der Waals surface area contributed by atoms with Gasteiger partial charge in [-0.2, -0.15) is 0 Å². The molecule has 0 aliphatic heterocycles. The van der Waals surface area contributed by atoms with Gasteiger partial charge in [0, 0.05) is 0 Å². The summed E-state index contributed by atoms with van der Waals surface area (Å²) in [6.07, 6.45) is 3.04. The number of halogens is 1. The zero-order chi connectivity index (χ0) is 16.3. The molecule has 1 nitrogen and oxygen atoms in total. The highest BCUT2D eigenvalue weighted by atomic mass is 35.5. The molecule has 0 spiro atoms. The van der Waals surface area contributed by atoms with Crippen LogP contribution in [0.4, 0.5) is 0 Å². The number of hydrogen-bond acceptors (Lipinski definition) is 1. The first-order chi connectivity index (χ1) is 10.0.